The molecule has 4 aromatic rings. The molecule has 1 aliphatic heterocycles. The van der Waals surface area contributed by atoms with Crippen LogP contribution in [0, 0.1) is 13.8 Å². The molecular weight excluding hydrogens is 503 g/mol. The summed E-state index contributed by atoms with van der Waals surface area (Å²) in [7, 11) is 0. The maximum absolute atomic E-state index is 13.9. The van der Waals surface area contributed by atoms with Gasteiger partial charge in [0.2, 0.25) is 5.91 Å². The molecule has 2 amide bonds. The number of anilines is 2. The third kappa shape index (κ3) is 5.27. The summed E-state index contributed by atoms with van der Waals surface area (Å²) >= 11 is 0. The number of benzene rings is 3. The number of nitrogens with one attached hydrogen (secondary N) is 1. The van der Waals surface area contributed by atoms with E-state index < -0.39 is 17.6 Å². The van der Waals surface area contributed by atoms with Crippen LogP contribution in [0.2, 0.25) is 0 Å². The summed E-state index contributed by atoms with van der Waals surface area (Å²) in [6.45, 7) is 3.53. The molecule has 3 aromatic carbocycles. The normalized spacial score (nSPS) is 12.8. The molecule has 0 aliphatic carbocycles. The largest absolute Gasteiger partial charge is 0.416 e. The van der Waals surface area contributed by atoms with Gasteiger partial charge in [-0.3, -0.25) is 14.6 Å². The van der Waals surface area contributed by atoms with E-state index in [1.807, 2.05) is 12.1 Å². The molecule has 0 atom stereocenters. The maximum Gasteiger partial charge on any atom is 0.416 e. The van der Waals surface area contributed by atoms with Gasteiger partial charge < -0.3 is 10.2 Å². The second-order valence-corrected chi connectivity index (χ2v) is 9.55. The van der Waals surface area contributed by atoms with Crippen LogP contribution in [0.1, 0.15) is 38.3 Å². The molecule has 2 heterocycles. The van der Waals surface area contributed by atoms with Gasteiger partial charge in [0.05, 0.1) is 12.0 Å². The zero-order valence-corrected chi connectivity index (χ0v) is 21.5. The minimum atomic E-state index is -4.60. The zero-order valence-electron chi connectivity index (χ0n) is 21.5. The average Bonchev–Trinajstić information content (AvgIpc) is 3.34. The fraction of sp³-hybridized carbons (Fsp3) is 0.194. The lowest BCUT2D eigenvalue weighted by Gasteiger charge is -2.20. The van der Waals surface area contributed by atoms with Crippen LogP contribution in [0.25, 0.3) is 11.1 Å². The standard InChI is InChI=1S/C31H26F3N3O2/c1-19-20(2)29(21-8-4-3-5-9-21)25(18-26(19)31(32,33)34)30(39)36-24-11-12-27-22(16-24)13-15-37(27)28(38)17-23-10-6-7-14-35-23/h3-12,14,16,18H,13,15,17H2,1-2H3,(H,36,39). The van der Waals surface area contributed by atoms with E-state index >= 15 is 0 Å². The van der Waals surface area contributed by atoms with E-state index in [0.29, 0.717) is 41.0 Å². The van der Waals surface area contributed by atoms with Gasteiger partial charge >= 0.3 is 6.18 Å². The summed E-state index contributed by atoms with van der Waals surface area (Å²) in [5.74, 6) is -0.713. The zero-order chi connectivity index (χ0) is 27.7. The highest BCUT2D eigenvalue weighted by Crippen LogP contribution is 2.39. The van der Waals surface area contributed by atoms with Crippen LogP contribution >= 0.6 is 0 Å². The molecule has 0 saturated heterocycles. The molecular formula is C31H26F3N3O2. The number of amides is 2. The van der Waals surface area contributed by atoms with Gasteiger partial charge in [-0.05, 0) is 84.5 Å². The lowest BCUT2D eigenvalue weighted by atomic mass is 9.88. The molecule has 8 heteroatoms. The van der Waals surface area contributed by atoms with Crippen molar-refractivity contribution < 1.29 is 22.8 Å². The molecule has 5 nitrogen and oxygen atoms in total. The predicted molar refractivity (Wildman–Crippen MR) is 145 cm³/mol. The monoisotopic (exact) mass is 529 g/mol. The molecule has 0 bridgehead atoms. The molecule has 1 aromatic heterocycles. The number of nitrogens with zero attached hydrogens (tertiary/aromatic N) is 2. The van der Waals surface area contributed by atoms with Gasteiger partial charge in [-0.15, -0.1) is 0 Å². The van der Waals surface area contributed by atoms with Crippen molar-refractivity contribution in [2.45, 2.75) is 32.9 Å². The lowest BCUT2D eigenvalue weighted by molar-refractivity contribution is -0.138. The van der Waals surface area contributed by atoms with Crippen molar-refractivity contribution in [1.82, 2.24) is 4.98 Å². The minimum absolute atomic E-state index is 0.0516. The smallest absolute Gasteiger partial charge is 0.322 e. The van der Waals surface area contributed by atoms with Crippen LogP contribution in [0.4, 0.5) is 24.5 Å². The van der Waals surface area contributed by atoms with Gasteiger partial charge in [-0.25, -0.2) is 0 Å². The topological polar surface area (TPSA) is 62.3 Å². The average molecular weight is 530 g/mol. The number of carbonyl (C=O) groups is 2. The first-order chi connectivity index (χ1) is 18.6. The minimum Gasteiger partial charge on any atom is -0.322 e. The van der Waals surface area contributed by atoms with E-state index in [1.54, 1.807) is 72.6 Å². The maximum atomic E-state index is 13.9. The van der Waals surface area contributed by atoms with E-state index in [-0.39, 0.29) is 23.5 Å². The highest BCUT2D eigenvalue weighted by molar-refractivity contribution is 6.10. The highest BCUT2D eigenvalue weighted by Gasteiger charge is 2.35. The fourth-order valence-electron chi connectivity index (χ4n) is 5.06. The first kappa shape index (κ1) is 26.2. The highest BCUT2D eigenvalue weighted by atomic mass is 19.4. The van der Waals surface area contributed by atoms with Gasteiger partial charge in [-0.1, -0.05) is 36.4 Å². The molecule has 0 unspecified atom stereocenters. The molecule has 1 N–H and O–H groups in total. The number of pyridine rings is 1. The van der Waals surface area contributed by atoms with Crippen molar-refractivity contribution in [3.8, 4) is 11.1 Å². The van der Waals surface area contributed by atoms with E-state index in [4.69, 9.17) is 0 Å². The fourth-order valence-corrected chi connectivity index (χ4v) is 5.06. The Morgan fingerprint density at radius 1 is 0.949 bits per heavy atom. The van der Waals surface area contributed by atoms with Crippen LogP contribution < -0.4 is 10.2 Å². The molecule has 39 heavy (non-hydrogen) atoms. The van der Waals surface area contributed by atoms with E-state index in [1.165, 1.54) is 6.92 Å². The van der Waals surface area contributed by atoms with Gasteiger partial charge in [0.1, 0.15) is 0 Å². The van der Waals surface area contributed by atoms with Gasteiger partial charge in [0.25, 0.3) is 5.91 Å². The molecule has 0 spiro atoms. The van der Waals surface area contributed by atoms with Crippen LogP contribution in [0.15, 0.2) is 79.0 Å². The molecule has 1 aliphatic rings. The second-order valence-electron chi connectivity index (χ2n) is 9.55. The van der Waals surface area contributed by atoms with Crippen molar-refractivity contribution in [1.29, 1.82) is 0 Å². The number of carbonyl (C=O) groups excluding carboxylic acids is 2. The second kappa shape index (κ2) is 10.4. The Hall–Kier alpha value is -4.46. The number of hydrogen-bond donors (Lipinski definition) is 1. The first-order valence-corrected chi connectivity index (χ1v) is 12.5. The number of aromatic nitrogens is 1. The van der Waals surface area contributed by atoms with Crippen LogP contribution in [-0.2, 0) is 23.8 Å². The van der Waals surface area contributed by atoms with Crippen LogP contribution in [0.5, 0.6) is 0 Å². The number of alkyl halides is 3. The van der Waals surface area contributed by atoms with Crippen LogP contribution in [-0.4, -0.2) is 23.3 Å². The Morgan fingerprint density at radius 3 is 2.38 bits per heavy atom. The Morgan fingerprint density at radius 2 is 1.69 bits per heavy atom. The van der Waals surface area contributed by atoms with Gasteiger partial charge in [-0.2, -0.15) is 13.2 Å². The summed E-state index contributed by atoms with van der Waals surface area (Å²) < 4.78 is 41.6. The number of halogens is 3. The Kier molecular flexibility index (Phi) is 6.95. The Balaban J connectivity index is 1.44. The van der Waals surface area contributed by atoms with E-state index in [9.17, 15) is 22.8 Å². The summed E-state index contributed by atoms with van der Waals surface area (Å²) in [6, 6.07) is 20.5. The van der Waals surface area contributed by atoms with Gasteiger partial charge in [0, 0.05) is 35.4 Å². The Bertz CT molecular complexity index is 1550. The number of fused-ring (bicyclic) bond motifs is 1. The van der Waals surface area contributed by atoms with Crippen molar-refractivity contribution in [2.75, 3.05) is 16.8 Å². The summed E-state index contributed by atoms with van der Waals surface area (Å²) in [4.78, 5) is 32.3. The van der Waals surface area contributed by atoms with Gasteiger partial charge in [0.15, 0.2) is 0 Å². The summed E-state index contributed by atoms with van der Waals surface area (Å²) in [5.41, 5.74) is 3.49. The molecule has 0 saturated carbocycles. The predicted octanol–water partition coefficient (Wildman–Crippen LogP) is 6.77. The van der Waals surface area contributed by atoms with E-state index in [0.717, 1.165) is 17.3 Å². The number of hydrogen-bond acceptors (Lipinski definition) is 3. The van der Waals surface area contributed by atoms with E-state index in [2.05, 4.69) is 10.3 Å². The van der Waals surface area contributed by atoms with Crippen LogP contribution in [0.3, 0.4) is 0 Å². The lowest BCUT2D eigenvalue weighted by Crippen LogP contribution is -2.30. The SMILES string of the molecule is Cc1c(C(F)(F)F)cc(C(=O)Nc2ccc3c(c2)CCN3C(=O)Cc2ccccn2)c(-c2ccccc2)c1C. The van der Waals surface area contributed by atoms with Crippen molar-refractivity contribution in [3.05, 3.63) is 113 Å². The molecule has 5 rings (SSSR count). The molecule has 0 radical (unpaired) electrons. The van der Waals surface area contributed by atoms with Crippen molar-refractivity contribution in [2.24, 2.45) is 0 Å². The molecule has 198 valence electrons. The van der Waals surface area contributed by atoms with Crippen molar-refractivity contribution in [3.63, 3.8) is 0 Å². The summed E-state index contributed by atoms with van der Waals surface area (Å²) in [6.07, 6.45) is -2.18. The third-order valence-corrected chi connectivity index (χ3v) is 7.10. The third-order valence-electron chi connectivity index (χ3n) is 7.10. The quantitative estimate of drug-likeness (QED) is 0.310. The first-order valence-electron chi connectivity index (χ1n) is 12.5. The Labute approximate surface area is 224 Å². The number of rotatable bonds is 5. The summed E-state index contributed by atoms with van der Waals surface area (Å²) in [5, 5.41) is 2.79. The molecule has 0 fully saturated rings. The van der Waals surface area contributed by atoms with Crippen molar-refractivity contribution >= 4 is 23.2 Å².